The summed E-state index contributed by atoms with van der Waals surface area (Å²) in [5.74, 6) is 1.08. The lowest BCUT2D eigenvalue weighted by Crippen LogP contribution is -2.46. The highest BCUT2D eigenvalue weighted by molar-refractivity contribution is 5.69. The normalized spacial score (nSPS) is 24.5. The number of aryl methyl sites for hydroxylation is 1. The molecule has 24 heavy (non-hydrogen) atoms. The lowest BCUT2D eigenvalue weighted by molar-refractivity contribution is -0.138. The minimum atomic E-state index is -0.796. The molecule has 0 aromatic carbocycles. The number of carbonyl (C=O) groups is 1. The number of aliphatic carboxylic acids is 1. The highest BCUT2D eigenvalue weighted by Gasteiger charge is 2.35. The van der Waals surface area contributed by atoms with Crippen molar-refractivity contribution in [3.8, 4) is 0 Å². The quantitative estimate of drug-likeness (QED) is 0.828. The Hall–Kier alpha value is -1.93. The van der Waals surface area contributed by atoms with Crippen LogP contribution in [0, 0.1) is 12.8 Å². The average Bonchev–Trinajstić information content (AvgIpc) is 2.76. The second kappa shape index (κ2) is 6.90. The fraction of sp³-hybridized carbons (Fsp3) is 0.688. The third kappa shape index (κ3) is 3.59. The Morgan fingerprint density at radius 2 is 2.17 bits per heavy atom. The Morgan fingerprint density at radius 1 is 1.38 bits per heavy atom. The van der Waals surface area contributed by atoms with E-state index in [1.54, 1.807) is 0 Å². The first kappa shape index (κ1) is 16.9. The van der Waals surface area contributed by atoms with Gasteiger partial charge in [-0.05, 0) is 6.92 Å². The van der Waals surface area contributed by atoms with Crippen molar-refractivity contribution >= 4 is 17.7 Å². The predicted molar refractivity (Wildman–Crippen MR) is 90.6 cm³/mol. The maximum absolute atomic E-state index is 11.2. The molecule has 0 radical (unpaired) electrons. The number of hydrogen-bond donors (Lipinski definition) is 1. The van der Waals surface area contributed by atoms with E-state index in [2.05, 4.69) is 9.88 Å². The molecule has 2 saturated heterocycles. The van der Waals surface area contributed by atoms with Gasteiger partial charge in [0.25, 0.3) is 0 Å². The maximum Gasteiger partial charge on any atom is 0.317 e. The van der Waals surface area contributed by atoms with Crippen molar-refractivity contribution in [3.05, 3.63) is 11.8 Å². The Morgan fingerprint density at radius 3 is 2.88 bits per heavy atom. The van der Waals surface area contributed by atoms with Gasteiger partial charge in [0.1, 0.15) is 5.82 Å². The molecule has 8 heteroatoms. The summed E-state index contributed by atoms with van der Waals surface area (Å²) < 4.78 is 5.73. The Balaban J connectivity index is 1.85. The van der Waals surface area contributed by atoms with E-state index in [1.165, 1.54) is 0 Å². The minimum absolute atomic E-state index is 0.0429. The van der Waals surface area contributed by atoms with Gasteiger partial charge in [0.05, 0.1) is 25.8 Å². The summed E-state index contributed by atoms with van der Waals surface area (Å²) in [5.41, 5.74) is 1.04. The molecule has 1 aromatic rings. The fourth-order valence-electron chi connectivity index (χ4n) is 3.49. The van der Waals surface area contributed by atoms with Gasteiger partial charge in [-0.15, -0.1) is 0 Å². The van der Waals surface area contributed by atoms with Gasteiger partial charge in [0.15, 0.2) is 0 Å². The van der Waals surface area contributed by atoms with E-state index >= 15 is 0 Å². The predicted octanol–water partition coefficient (Wildman–Crippen LogP) is 0.0726. The lowest BCUT2D eigenvalue weighted by atomic mass is 10.1. The molecule has 2 aliphatic rings. The maximum atomic E-state index is 11.2. The first-order valence-electron chi connectivity index (χ1n) is 8.23. The largest absolute Gasteiger partial charge is 0.480 e. The fourth-order valence-corrected chi connectivity index (χ4v) is 3.49. The lowest BCUT2D eigenvalue weighted by Gasteiger charge is -2.31. The Kier molecular flexibility index (Phi) is 4.86. The number of ether oxygens (including phenoxy) is 1. The summed E-state index contributed by atoms with van der Waals surface area (Å²) in [6.07, 6.45) is 1.85. The topological polar surface area (TPSA) is 82.0 Å². The van der Waals surface area contributed by atoms with Crippen LogP contribution in [0.2, 0.25) is 0 Å². The van der Waals surface area contributed by atoms with Gasteiger partial charge in [-0.2, -0.15) is 4.98 Å². The van der Waals surface area contributed by atoms with Crippen LogP contribution in [0.5, 0.6) is 0 Å². The van der Waals surface area contributed by atoms with Crippen LogP contribution >= 0.6 is 0 Å². The molecule has 3 heterocycles. The van der Waals surface area contributed by atoms with Crippen LogP contribution in [0.4, 0.5) is 11.8 Å². The molecule has 8 nitrogen and oxygen atoms in total. The molecule has 2 fully saturated rings. The smallest absolute Gasteiger partial charge is 0.317 e. The van der Waals surface area contributed by atoms with Gasteiger partial charge in [0.2, 0.25) is 5.95 Å². The molecule has 0 aliphatic carbocycles. The van der Waals surface area contributed by atoms with Gasteiger partial charge in [-0.3, -0.25) is 9.69 Å². The van der Waals surface area contributed by atoms with Crippen molar-refractivity contribution in [2.45, 2.75) is 13.0 Å². The number of hydrogen-bond acceptors (Lipinski definition) is 7. The van der Waals surface area contributed by atoms with E-state index in [-0.39, 0.29) is 18.5 Å². The summed E-state index contributed by atoms with van der Waals surface area (Å²) in [5, 5.41) is 9.16. The van der Waals surface area contributed by atoms with Gasteiger partial charge < -0.3 is 19.6 Å². The van der Waals surface area contributed by atoms with Crippen LogP contribution < -0.4 is 9.80 Å². The number of carboxylic acid groups (broad SMARTS) is 1. The molecule has 2 aliphatic heterocycles. The zero-order valence-electron chi connectivity index (χ0n) is 14.5. The second-order valence-electron chi connectivity index (χ2n) is 6.86. The minimum Gasteiger partial charge on any atom is -0.480 e. The number of carboxylic acids is 1. The van der Waals surface area contributed by atoms with Crippen molar-refractivity contribution in [1.82, 2.24) is 14.9 Å². The first-order chi connectivity index (χ1) is 11.4. The van der Waals surface area contributed by atoms with Crippen LogP contribution in [0.3, 0.4) is 0 Å². The average molecular weight is 335 g/mol. The number of anilines is 2. The van der Waals surface area contributed by atoms with E-state index in [1.807, 2.05) is 37.0 Å². The van der Waals surface area contributed by atoms with Crippen molar-refractivity contribution in [1.29, 1.82) is 0 Å². The van der Waals surface area contributed by atoms with Crippen LogP contribution in [0.25, 0.3) is 0 Å². The van der Waals surface area contributed by atoms with Gasteiger partial charge in [-0.25, -0.2) is 4.98 Å². The van der Waals surface area contributed by atoms with Crippen molar-refractivity contribution < 1.29 is 14.6 Å². The summed E-state index contributed by atoms with van der Waals surface area (Å²) >= 11 is 0. The SMILES string of the molecule is Cc1cnc(N2C[C@@H]3COC[C@H](C2)N(CC(=O)O)C3)nc1N(C)C. The number of fused-ring (bicyclic) bond motifs is 3. The van der Waals surface area contributed by atoms with Gasteiger partial charge in [0, 0.05) is 51.4 Å². The molecule has 0 spiro atoms. The van der Waals surface area contributed by atoms with Crippen LogP contribution in [-0.2, 0) is 9.53 Å². The molecule has 1 N–H and O–H groups in total. The van der Waals surface area contributed by atoms with Gasteiger partial charge >= 0.3 is 5.97 Å². The number of nitrogens with zero attached hydrogens (tertiary/aromatic N) is 5. The summed E-state index contributed by atoms with van der Waals surface area (Å²) in [6.45, 7) is 5.44. The van der Waals surface area contributed by atoms with Crippen molar-refractivity contribution in [2.24, 2.45) is 5.92 Å². The summed E-state index contributed by atoms with van der Waals surface area (Å²) in [7, 11) is 3.94. The molecular formula is C16H25N5O3. The van der Waals surface area contributed by atoms with Crippen LogP contribution in [0.1, 0.15) is 5.56 Å². The van der Waals surface area contributed by atoms with E-state index < -0.39 is 5.97 Å². The number of aromatic nitrogens is 2. The molecule has 0 saturated carbocycles. The zero-order chi connectivity index (χ0) is 17.3. The van der Waals surface area contributed by atoms with E-state index in [0.717, 1.165) is 24.5 Å². The summed E-state index contributed by atoms with van der Waals surface area (Å²) in [4.78, 5) is 26.6. The molecule has 2 bridgehead atoms. The molecule has 1 aromatic heterocycles. The third-order valence-corrected chi connectivity index (χ3v) is 4.56. The van der Waals surface area contributed by atoms with Crippen molar-refractivity contribution in [3.63, 3.8) is 0 Å². The molecule has 0 amide bonds. The molecular weight excluding hydrogens is 310 g/mol. The van der Waals surface area contributed by atoms with E-state index in [4.69, 9.17) is 14.8 Å². The number of rotatable bonds is 4. The third-order valence-electron chi connectivity index (χ3n) is 4.56. The highest BCUT2D eigenvalue weighted by Crippen LogP contribution is 2.24. The Bertz CT molecular complexity index is 609. The van der Waals surface area contributed by atoms with Crippen molar-refractivity contribution in [2.75, 3.05) is 63.3 Å². The molecule has 2 atom stereocenters. The van der Waals surface area contributed by atoms with E-state index in [9.17, 15) is 4.79 Å². The highest BCUT2D eigenvalue weighted by atomic mass is 16.5. The standard InChI is InChI=1S/C16H25N5O3/c1-11-4-17-16(18-15(11)19(2)3)21-6-12-5-20(8-14(22)23)13(7-21)10-24-9-12/h4,12-13H,5-10H2,1-3H3,(H,22,23)/t12-,13+/m1/s1. The van der Waals surface area contributed by atoms with Crippen LogP contribution in [0.15, 0.2) is 6.20 Å². The zero-order valence-corrected chi connectivity index (χ0v) is 14.5. The summed E-state index contributed by atoms with van der Waals surface area (Å²) in [6, 6.07) is 0.0429. The molecule has 132 valence electrons. The molecule has 0 unspecified atom stereocenters. The monoisotopic (exact) mass is 335 g/mol. The molecule has 3 rings (SSSR count). The van der Waals surface area contributed by atoms with E-state index in [0.29, 0.717) is 25.7 Å². The van der Waals surface area contributed by atoms with Gasteiger partial charge in [-0.1, -0.05) is 0 Å². The Labute approximate surface area is 142 Å². The van der Waals surface area contributed by atoms with Crippen LogP contribution in [-0.4, -0.2) is 85.5 Å². The second-order valence-corrected chi connectivity index (χ2v) is 6.86. The first-order valence-corrected chi connectivity index (χ1v) is 8.23.